The topological polar surface area (TPSA) is 47.4 Å². The van der Waals surface area contributed by atoms with E-state index in [9.17, 15) is 0 Å². The van der Waals surface area contributed by atoms with Crippen LogP contribution in [0.1, 0.15) is 17.0 Å². The zero-order chi connectivity index (χ0) is 16.1. The Morgan fingerprint density at radius 3 is 2.43 bits per heavy atom. The Hall–Kier alpha value is -3.01. The number of aromatic nitrogens is 2. The van der Waals surface area contributed by atoms with Crippen molar-refractivity contribution < 1.29 is 4.74 Å². The smallest absolute Gasteiger partial charge is 0.144 e. The summed E-state index contributed by atoms with van der Waals surface area (Å²) in [6.45, 7) is 1.92. The maximum atomic E-state index is 5.40. The molecule has 0 aliphatic rings. The molecule has 0 unspecified atom stereocenters. The molecule has 0 atom stereocenters. The van der Waals surface area contributed by atoms with Crippen LogP contribution < -0.4 is 4.74 Å². The summed E-state index contributed by atoms with van der Waals surface area (Å²) in [6.07, 6.45) is 3.46. The van der Waals surface area contributed by atoms with E-state index in [1.807, 2.05) is 61.5 Å². The van der Waals surface area contributed by atoms with Crippen molar-refractivity contribution in [1.82, 2.24) is 9.97 Å². The second kappa shape index (κ2) is 6.83. The molecule has 0 saturated heterocycles. The van der Waals surface area contributed by atoms with Gasteiger partial charge in [-0.05, 0) is 19.1 Å². The summed E-state index contributed by atoms with van der Waals surface area (Å²) < 4.78 is 5.40. The van der Waals surface area contributed by atoms with Crippen LogP contribution in [0.4, 0.5) is 5.69 Å². The quantitative estimate of drug-likeness (QED) is 0.685. The number of benzene rings is 2. The summed E-state index contributed by atoms with van der Waals surface area (Å²) in [6, 6.07) is 17.6. The van der Waals surface area contributed by atoms with Gasteiger partial charge in [-0.3, -0.25) is 4.98 Å². The van der Waals surface area contributed by atoms with Crippen LogP contribution in [0.2, 0.25) is 0 Å². The van der Waals surface area contributed by atoms with Gasteiger partial charge in [0.05, 0.1) is 24.7 Å². The number of methoxy groups -OCH3 is 1. The maximum Gasteiger partial charge on any atom is 0.144 e. The predicted octanol–water partition coefficient (Wildman–Crippen LogP) is 3.96. The van der Waals surface area contributed by atoms with Crippen LogP contribution in [0.3, 0.4) is 0 Å². The summed E-state index contributed by atoms with van der Waals surface area (Å²) in [7, 11) is 1.64. The Balaban J connectivity index is 2.18. The minimum atomic E-state index is 0.724. The minimum Gasteiger partial charge on any atom is -0.494 e. The van der Waals surface area contributed by atoms with Crippen molar-refractivity contribution in [2.75, 3.05) is 7.11 Å². The molecular formula is C19H17N3O. The van der Waals surface area contributed by atoms with Gasteiger partial charge in [-0.1, -0.05) is 42.5 Å². The molecule has 3 rings (SSSR count). The molecule has 0 N–H and O–H groups in total. The number of rotatable bonds is 4. The van der Waals surface area contributed by atoms with E-state index in [1.165, 1.54) is 0 Å². The van der Waals surface area contributed by atoms with E-state index < -0.39 is 0 Å². The Bertz CT molecular complexity index is 829. The molecule has 114 valence electrons. The first-order valence-electron chi connectivity index (χ1n) is 7.34. The van der Waals surface area contributed by atoms with Crippen LogP contribution >= 0.6 is 0 Å². The van der Waals surface area contributed by atoms with Crippen molar-refractivity contribution in [3.05, 3.63) is 83.9 Å². The third-order valence-corrected chi connectivity index (χ3v) is 3.36. The Kier molecular flexibility index (Phi) is 4.43. The highest BCUT2D eigenvalue weighted by molar-refractivity contribution is 6.12. The van der Waals surface area contributed by atoms with E-state index in [-0.39, 0.29) is 0 Å². The van der Waals surface area contributed by atoms with E-state index in [2.05, 4.69) is 9.97 Å². The van der Waals surface area contributed by atoms with Crippen molar-refractivity contribution in [3.63, 3.8) is 0 Å². The third kappa shape index (κ3) is 3.43. The van der Waals surface area contributed by atoms with Gasteiger partial charge in [-0.2, -0.15) is 0 Å². The molecule has 0 fully saturated rings. The standard InChI is InChI=1S/C19H17N3O/c1-14-12-20-13-17(21-14)19(15-8-4-3-5-9-15)22-16-10-6-7-11-18(16)23-2/h3-13H,1-2H3. The first kappa shape index (κ1) is 14.9. The average Bonchev–Trinajstić information content (AvgIpc) is 2.60. The van der Waals surface area contributed by atoms with Crippen LogP contribution in [0.25, 0.3) is 0 Å². The molecule has 0 spiro atoms. The average molecular weight is 303 g/mol. The van der Waals surface area contributed by atoms with E-state index >= 15 is 0 Å². The van der Waals surface area contributed by atoms with Crippen molar-refractivity contribution >= 4 is 11.4 Å². The first-order valence-corrected chi connectivity index (χ1v) is 7.34. The van der Waals surface area contributed by atoms with E-state index in [4.69, 9.17) is 9.73 Å². The minimum absolute atomic E-state index is 0.724. The molecule has 4 heteroatoms. The number of hydrogen-bond acceptors (Lipinski definition) is 4. The molecule has 23 heavy (non-hydrogen) atoms. The van der Waals surface area contributed by atoms with Crippen molar-refractivity contribution in [2.45, 2.75) is 6.92 Å². The SMILES string of the molecule is COc1ccccc1N=C(c1ccccc1)c1cncc(C)n1. The predicted molar refractivity (Wildman–Crippen MR) is 91.5 cm³/mol. The molecule has 0 aliphatic carbocycles. The van der Waals surface area contributed by atoms with Crippen LogP contribution in [0.15, 0.2) is 72.0 Å². The van der Waals surface area contributed by atoms with Gasteiger partial charge >= 0.3 is 0 Å². The lowest BCUT2D eigenvalue weighted by molar-refractivity contribution is 0.416. The number of nitrogens with zero attached hydrogens (tertiary/aromatic N) is 3. The summed E-state index contributed by atoms with van der Waals surface area (Å²) >= 11 is 0. The van der Waals surface area contributed by atoms with Crippen molar-refractivity contribution in [3.8, 4) is 5.75 Å². The van der Waals surface area contributed by atoms with Gasteiger partial charge in [-0.15, -0.1) is 0 Å². The van der Waals surface area contributed by atoms with E-state index in [0.717, 1.165) is 34.1 Å². The highest BCUT2D eigenvalue weighted by atomic mass is 16.5. The lowest BCUT2D eigenvalue weighted by atomic mass is 10.1. The molecule has 1 aromatic heterocycles. The van der Waals surface area contributed by atoms with Crippen molar-refractivity contribution in [2.24, 2.45) is 4.99 Å². The fourth-order valence-corrected chi connectivity index (χ4v) is 2.29. The Morgan fingerprint density at radius 1 is 0.957 bits per heavy atom. The second-order valence-corrected chi connectivity index (χ2v) is 5.04. The third-order valence-electron chi connectivity index (χ3n) is 3.36. The van der Waals surface area contributed by atoms with Crippen LogP contribution in [-0.2, 0) is 0 Å². The molecule has 0 amide bonds. The van der Waals surface area contributed by atoms with Crippen LogP contribution in [0, 0.1) is 6.92 Å². The normalized spacial score (nSPS) is 11.3. The molecule has 0 bridgehead atoms. The van der Waals surface area contributed by atoms with Gasteiger partial charge in [0.25, 0.3) is 0 Å². The summed E-state index contributed by atoms with van der Waals surface area (Å²) in [4.78, 5) is 13.6. The molecule has 1 heterocycles. The van der Waals surface area contributed by atoms with Gasteiger partial charge in [0.2, 0.25) is 0 Å². The van der Waals surface area contributed by atoms with Gasteiger partial charge in [-0.25, -0.2) is 9.98 Å². The highest BCUT2D eigenvalue weighted by Crippen LogP contribution is 2.28. The maximum absolute atomic E-state index is 5.40. The zero-order valence-electron chi connectivity index (χ0n) is 13.1. The molecular weight excluding hydrogens is 286 g/mol. The van der Waals surface area contributed by atoms with Crippen molar-refractivity contribution in [1.29, 1.82) is 0 Å². The number of para-hydroxylation sites is 2. The van der Waals surface area contributed by atoms with Gasteiger partial charge in [0.15, 0.2) is 0 Å². The lowest BCUT2D eigenvalue weighted by Crippen LogP contribution is -2.07. The molecule has 2 aromatic carbocycles. The number of ether oxygens (including phenoxy) is 1. The van der Waals surface area contributed by atoms with Crippen LogP contribution in [-0.4, -0.2) is 22.8 Å². The highest BCUT2D eigenvalue weighted by Gasteiger charge is 2.11. The Labute approximate surface area is 135 Å². The van der Waals surface area contributed by atoms with Gasteiger partial charge in [0, 0.05) is 11.8 Å². The number of aryl methyl sites for hydroxylation is 1. The summed E-state index contributed by atoms with van der Waals surface area (Å²) in [5.74, 6) is 0.724. The van der Waals surface area contributed by atoms with E-state index in [0.29, 0.717) is 0 Å². The molecule has 4 nitrogen and oxygen atoms in total. The molecule has 0 radical (unpaired) electrons. The van der Waals surface area contributed by atoms with E-state index in [1.54, 1.807) is 19.5 Å². The summed E-state index contributed by atoms with van der Waals surface area (Å²) in [5.41, 5.74) is 4.11. The molecule has 3 aromatic rings. The van der Waals surface area contributed by atoms with Gasteiger partial charge in [0.1, 0.15) is 17.1 Å². The zero-order valence-corrected chi connectivity index (χ0v) is 13.1. The lowest BCUT2D eigenvalue weighted by Gasteiger charge is -2.09. The molecule has 0 aliphatic heterocycles. The van der Waals surface area contributed by atoms with Gasteiger partial charge < -0.3 is 4.74 Å². The fraction of sp³-hybridized carbons (Fsp3) is 0.105. The fourth-order valence-electron chi connectivity index (χ4n) is 2.29. The summed E-state index contributed by atoms with van der Waals surface area (Å²) in [5, 5.41) is 0. The largest absolute Gasteiger partial charge is 0.494 e. The first-order chi connectivity index (χ1) is 11.3. The molecule has 0 saturated carbocycles. The Morgan fingerprint density at radius 2 is 1.70 bits per heavy atom. The number of hydrogen-bond donors (Lipinski definition) is 0. The second-order valence-electron chi connectivity index (χ2n) is 5.04. The number of aliphatic imine (C=N–C) groups is 1. The monoisotopic (exact) mass is 303 g/mol. The van der Waals surface area contributed by atoms with Crippen LogP contribution in [0.5, 0.6) is 5.75 Å².